The van der Waals surface area contributed by atoms with Gasteiger partial charge in [0.2, 0.25) is 0 Å². The molecule has 3 heteroatoms. The highest BCUT2D eigenvalue weighted by atomic mass is 19.1. The van der Waals surface area contributed by atoms with Gasteiger partial charge in [0.25, 0.3) is 0 Å². The molecule has 14 heavy (non-hydrogen) atoms. The lowest BCUT2D eigenvalue weighted by atomic mass is 10.1. The van der Waals surface area contributed by atoms with E-state index < -0.39 is 0 Å². The smallest absolute Gasteiger partial charge is 0.123 e. The maximum Gasteiger partial charge on any atom is 0.123 e. The fraction of sp³-hybridized carbons (Fsp3) is 0.455. The van der Waals surface area contributed by atoms with Crippen LogP contribution >= 0.6 is 0 Å². The summed E-state index contributed by atoms with van der Waals surface area (Å²) in [5, 5.41) is 12.2. The molecular weight excluding hydrogens is 181 g/mol. The Morgan fingerprint density at radius 2 is 2.14 bits per heavy atom. The molecule has 0 amide bonds. The fourth-order valence-corrected chi connectivity index (χ4v) is 1.24. The van der Waals surface area contributed by atoms with Gasteiger partial charge in [-0.15, -0.1) is 0 Å². The standard InChI is InChI=1S/C11H16FNO/c1-8(14)7-13-9(2)10-4-3-5-11(12)6-10/h3-6,8-9,13-14H,7H2,1-2H3/t8-,9?/m0/s1. The SMILES string of the molecule is CC(NC[C@H](C)O)c1cccc(F)c1. The molecule has 0 bridgehead atoms. The van der Waals surface area contributed by atoms with Crippen molar-refractivity contribution in [3.63, 3.8) is 0 Å². The highest BCUT2D eigenvalue weighted by Crippen LogP contribution is 2.12. The summed E-state index contributed by atoms with van der Waals surface area (Å²) < 4.78 is 12.8. The lowest BCUT2D eigenvalue weighted by molar-refractivity contribution is 0.187. The van der Waals surface area contributed by atoms with Crippen LogP contribution in [0.5, 0.6) is 0 Å². The van der Waals surface area contributed by atoms with E-state index in [-0.39, 0.29) is 18.0 Å². The Bertz CT molecular complexity index is 288. The molecule has 0 heterocycles. The first kappa shape index (κ1) is 11.1. The molecule has 2 nitrogen and oxygen atoms in total. The first-order chi connectivity index (χ1) is 6.59. The fourth-order valence-electron chi connectivity index (χ4n) is 1.24. The van der Waals surface area contributed by atoms with Crippen molar-refractivity contribution in [2.24, 2.45) is 0 Å². The van der Waals surface area contributed by atoms with Gasteiger partial charge in [-0.3, -0.25) is 0 Å². The van der Waals surface area contributed by atoms with Gasteiger partial charge in [-0.05, 0) is 31.5 Å². The van der Waals surface area contributed by atoms with Crippen molar-refractivity contribution in [1.82, 2.24) is 5.32 Å². The second-order valence-electron chi connectivity index (χ2n) is 3.53. The molecule has 2 N–H and O–H groups in total. The molecule has 78 valence electrons. The average Bonchev–Trinajstić information content (AvgIpc) is 2.14. The van der Waals surface area contributed by atoms with E-state index in [1.807, 2.05) is 13.0 Å². The van der Waals surface area contributed by atoms with Crippen LogP contribution in [0, 0.1) is 5.82 Å². The second kappa shape index (κ2) is 5.08. The molecular formula is C11H16FNO. The van der Waals surface area contributed by atoms with Crippen molar-refractivity contribution >= 4 is 0 Å². The van der Waals surface area contributed by atoms with Crippen LogP contribution in [0.3, 0.4) is 0 Å². The van der Waals surface area contributed by atoms with E-state index in [0.29, 0.717) is 6.54 Å². The summed E-state index contributed by atoms with van der Waals surface area (Å²) in [6, 6.07) is 6.53. The number of nitrogens with one attached hydrogen (secondary N) is 1. The molecule has 0 aliphatic rings. The molecule has 2 atom stereocenters. The van der Waals surface area contributed by atoms with Crippen LogP contribution in [0.1, 0.15) is 25.5 Å². The van der Waals surface area contributed by atoms with E-state index in [9.17, 15) is 4.39 Å². The van der Waals surface area contributed by atoms with E-state index in [0.717, 1.165) is 5.56 Å². The predicted octanol–water partition coefficient (Wildman–Crippen LogP) is 1.86. The summed E-state index contributed by atoms with van der Waals surface area (Å²) in [5.74, 6) is -0.229. The third kappa shape index (κ3) is 3.44. The molecule has 1 aromatic carbocycles. The molecule has 1 aromatic rings. The van der Waals surface area contributed by atoms with Gasteiger partial charge in [0.1, 0.15) is 5.82 Å². The van der Waals surface area contributed by atoms with E-state index in [1.54, 1.807) is 13.0 Å². The minimum atomic E-state index is -0.383. The van der Waals surface area contributed by atoms with Crippen LogP contribution in [-0.4, -0.2) is 17.8 Å². The first-order valence-electron chi connectivity index (χ1n) is 4.76. The van der Waals surface area contributed by atoms with Crippen molar-refractivity contribution < 1.29 is 9.50 Å². The molecule has 0 saturated carbocycles. The molecule has 0 saturated heterocycles. The Balaban J connectivity index is 2.56. The number of hydrogen-bond donors (Lipinski definition) is 2. The Hall–Kier alpha value is -0.930. The summed E-state index contributed by atoms with van der Waals surface area (Å²) in [4.78, 5) is 0. The monoisotopic (exact) mass is 197 g/mol. The zero-order valence-corrected chi connectivity index (χ0v) is 8.50. The Kier molecular flexibility index (Phi) is 4.04. The van der Waals surface area contributed by atoms with E-state index >= 15 is 0 Å². The number of hydrogen-bond acceptors (Lipinski definition) is 2. The number of halogens is 1. The molecule has 0 aromatic heterocycles. The number of benzene rings is 1. The lowest BCUT2D eigenvalue weighted by Gasteiger charge is -2.15. The molecule has 1 unspecified atom stereocenters. The van der Waals surface area contributed by atoms with Crippen LogP contribution in [0.2, 0.25) is 0 Å². The quantitative estimate of drug-likeness (QED) is 0.772. The number of rotatable bonds is 4. The van der Waals surface area contributed by atoms with Crippen molar-refractivity contribution in [1.29, 1.82) is 0 Å². The zero-order chi connectivity index (χ0) is 10.6. The van der Waals surface area contributed by atoms with Crippen LogP contribution in [0.15, 0.2) is 24.3 Å². The summed E-state index contributed by atoms with van der Waals surface area (Å²) in [6.07, 6.45) is -0.383. The van der Waals surface area contributed by atoms with E-state index in [4.69, 9.17) is 5.11 Å². The van der Waals surface area contributed by atoms with Crippen molar-refractivity contribution in [3.05, 3.63) is 35.6 Å². The third-order valence-corrected chi connectivity index (χ3v) is 2.07. The maximum absolute atomic E-state index is 12.8. The van der Waals surface area contributed by atoms with Gasteiger partial charge < -0.3 is 10.4 Å². The zero-order valence-electron chi connectivity index (χ0n) is 8.50. The Labute approximate surface area is 83.8 Å². The third-order valence-electron chi connectivity index (χ3n) is 2.07. The average molecular weight is 197 g/mol. The van der Waals surface area contributed by atoms with E-state index in [1.165, 1.54) is 12.1 Å². The van der Waals surface area contributed by atoms with E-state index in [2.05, 4.69) is 5.32 Å². The van der Waals surface area contributed by atoms with Gasteiger partial charge in [-0.1, -0.05) is 12.1 Å². The van der Waals surface area contributed by atoms with Gasteiger partial charge in [-0.25, -0.2) is 4.39 Å². The van der Waals surface area contributed by atoms with Gasteiger partial charge in [-0.2, -0.15) is 0 Å². The molecule has 0 radical (unpaired) electrons. The van der Waals surface area contributed by atoms with Gasteiger partial charge >= 0.3 is 0 Å². The molecule has 0 fully saturated rings. The second-order valence-corrected chi connectivity index (χ2v) is 3.53. The summed E-state index contributed by atoms with van der Waals surface area (Å²) in [5.41, 5.74) is 0.894. The Morgan fingerprint density at radius 1 is 1.43 bits per heavy atom. The molecule has 0 spiro atoms. The largest absolute Gasteiger partial charge is 0.392 e. The summed E-state index contributed by atoms with van der Waals surface area (Å²) >= 11 is 0. The highest BCUT2D eigenvalue weighted by Gasteiger charge is 2.06. The topological polar surface area (TPSA) is 32.3 Å². The number of aliphatic hydroxyl groups excluding tert-OH is 1. The van der Waals surface area contributed by atoms with Crippen LogP contribution < -0.4 is 5.32 Å². The number of aliphatic hydroxyl groups is 1. The highest BCUT2D eigenvalue weighted by molar-refractivity contribution is 5.19. The molecule has 1 rings (SSSR count). The van der Waals surface area contributed by atoms with Crippen molar-refractivity contribution in [2.45, 2.75) is 26.0 Å². The van der Waals surface area contributed by atoms with Crippen LogP contribution in [0.4, 0.5) is 4.39 Å². The Morgan fingerprint density at radius 3 is 2.71 bits per heavy atom. The van der Waals surface area contributed by atoms with Gasteiger partial charge in [0.15, 0.2) is 0 Å². The van der Waals surface area contributed by atoms with Crippen molar-refractivity contribution in [2.75, 3.05) is 6.54 Å². The normalized spacial score (nSPS) is 15.1. The summed E-state index contributed by atoms with van der Waals surface area (Å²) in [7, 11) is 0. The maximum atomic E-state index is 12.8. The minimum absolute atomic E-state index is 0.0558. The summed E-state index contributed by atoms with van der Waals surface area (Å²) in [6.45, 7) is 4.17. The minimum Gasteiger partial charge on any atom is -0.392 e. The van der Waals surface area contributed by atoms with Gasteiger partial charge in [0, 0.05) is 12.6 Å². The van der Waals surface area contributed by atoms with Crippen molar-refractivity contribution in [3.8, 4) is 0 Å². The molecule has 0 aliphatic carbocycles. The predicted molar refractivity (Wildman–Crippen MR) is 54.5 cm³/mol. The van der Waals surface area contributed by atoms with Gasteiger partial charge in [0.05, 0.1) is 6.10 Å². The first-order valence-corrected chi connectivity index (χ1v) is 4.76. The van der Waals surface area contributed by atoms with Crippen LogP contribution in [-0.2, 0) is 0 Å². The lowest BCUT2D eigenvalue weighted by Crippen LogP contribution is -2.27. The molecule has 0 aliphatic heterocycles. The van der Waals surface area contributed by atoms with Crippen LogP contribution in [0.25, 0.3) is 0 Å².